The molecule has 5 heteroatoms. The fourth-order valence-corrected chi connectivity index (χ4v) is 1.67. The van der Waals surface area contributed by atoms with Gasteiger partial charge in [0.1, 0.15) is 17.7 Å². The summed E-state index contributed by atoms with van der Waals surface area (Å²) in [6.07, 6.45) is 0.836. The number of ether oxygens (including phenoxy) is 1. The van der Waals surface area contributed by atoms with E-state index in [4.69, 9.17) is 4.74 Å². The van der Waals surface area contributed by atoms with Gasteiger partial charge in [0.15, 0.2) is 0 Å². The Morgan fingerprint density at radius 3 is 2.61 bits per heavy atom. The van der Waals surface area contributed by atoms with Crippen molar-refractivity contribution in [3.8, 4) is 0 Å². The van der Waals surface area contributed by atoms with Crippen molar-refractivity contribution in [1.82, 2.24) is 9.97 Å². The Bertz CT molecular complexity index is 419. The van der Waals surface area contributed by atoms with Crippen LogP contribution in [0.2, 0.25) is 0 Å². The lowest BCUT2D eigenvalue weighted by molar-refractivity contribution is -0.142. The monoisotopic (exact) mass is 251 g/mol. The highest BCUT2D eigenvalue weighted by molar-refractivity contribution is 5.79. The van der Waals surface area contributed by atoms with E-state index in [1.165, 1.54) is 7.11 Å². The van der Waals surface area contributed by atoms with Gasteiger partial charge in [0, 0.05) is 11.8 Å². The fourth-order valence-electron chi connectivity index (χ4n) is 1.67. The van der Waals surface area contributed by atoms with Crippen LogP contribution >= 0.6 is 0 Å². The first kappa shape index (κ1) is 14.4. The van der Waals surface area contributed by atoms with E-state index in [0.717, 1.165) is 12.1 Å². The Hall–Kier alpha value is -1.65. The molecular weight excluding hydrogens is 230 g/mol. The molecule has 1 unspecified atom stereocenters. The SMILES string of the molecule is CCc1cc(NC(C(=O)OC)C(C)C)nc(C)n1. The fraction of sp³-hybridized carbons (Fsp3) is 0.615. The maximum absolute atomic E-state index is 11.7. The number of carbonyl (C=O) groups excluding carboxylic acids is 1. The Kier molecular flexibility index (Phi) is 5.07. The summed E-state index contributed by atoms with van der Waals surface area (Å²) in [5.41, 5.74) is 0.956. The number of hydrogen-bond acceptors (Lipinski definition) is 5. The third kappa shape index (κ3) is 3.68. The maximum atomic E-state index is 11.7. The van der Waals surface area contributed by atoms with E-state index < -0.39 is 6.04 Å². The van der Waals surface area contributed by atoms with Gasteiger partial charge in [-0.25, -0.2) is 14.8 Å². The smallest absolute Gasteiger partial charge is 0.328 e. The second-order valence-electron chi connectivity index (χ2n) is 4.53. The first-order chi connectivity index (χ1) is 8.47. The van der Waals surface area contributed by atoms with Crippen LogP contribution in [0.25, 0.3) is 0 Å². The van der Waals surface area contributed by atoms with Crippen molar-refractivity contribution in [2.24, 2.45) is 5.92 Å². The lowest BCUT2D eigenvalue weighted by Crippen LogP contribution is -2.35. The van der Waals surface area contributed by atoms with Crippen LogP contribution in [0.1, 0.15) is 32.3 Å². The molecule has 0 bridgehead atoms. The van der Waals surface area contributed by atoms with Gasteiger partial charge in [-0.2, -0.15) is 0 Å². The molecule has 1 aromatic rings. The standard InChI is InChI=1S/C13H21N3O2/c1-6-10-7-11(15-9(4)14-10)16-12(8(2)3)13(17)18-5/h7-8,12H,6H2,1-5H3,(H,14,15,16). The zero-order valence-electron chi connectivity index (χ0n) is 11.7. The second kappa shape index (κ2) is 6.33. The van der Waals surface area contributed by atoms with Gasteiger partial charge in [0.05, 0.1) is 7.11 Å². The summed E-state index contributed by atoms with van der Waals surface area (Å²) in [4.78, 5) is 20.3. The van der Waals surface area contributed by atoms with Crippen LogP contribution in [0.5, 0.6) is 0 Å². The van der Waals surface area contributed by atoms with Crippen LogP contribution in [0.15, 0.2) is 6.07 Å². The van der Waals surface area contributed by atoms with Gasteiger partial charge in [-0.05, 0) is 19.3 Å². The summed E-state index contributed by atoms with van der Waals surface area (Å²) in [5, 5.41) is 3.12. The van der Waals surface area contributed by atoms with Crippen LogP contribution < -0.4 is 5.32 Å². The minimum absolute atomic E-state index is 0.123. The minimum Gasteiger partial charge on any atom is -0.467 e. The molecule has 0 aliphatic rings. The van der Waals surface area contributed by atoms with E-state index in [2.05, 4.69) is 15.3 Å². The molecule has 0 aliphatic carbocycles. The highest BCUT2D eigenvalue weighted by Gasteiger charge is 2.23. The van der Waals surface area contributed by atoms with Crippen molar-refractivity contribution in [2.75, 3.05) is 12.4 Å². The summed E-state index contributed by atoms with van der Waals surface area (Å²) in [7, 11) is 1.39. The van der Waals surface area contributed by atoms with Gasteiger partial charge in [-0.3, -0.25) is 0 Å². The lowest BCUT2D eigenvalue weighted by Gasteiger charge is -2.20. The molecule has 1 N–H and O–H groups in total. The van der Waals surface area contributed by atoms with Gasteiger partial charge >= 0.3 is 5.97 Å². The number of nitrogens with zero attached hydrogens (tertiary/aromatic N) is 2. The summed E-state index contributed by atoms with van der Waals surface area (Å²) in [5.74, 6) is 1.21. The van der Waals surface area contributed by atoms with Gasteiger partial charge in [0.25, 0.3) is 0 Å². The van der Waals surface area contributed by atoms with Gasteiger partial charge in [0.2, 0.25) is 0 Å². The van der Waals surface area contributed by atoms with Crippen molar-refractivity contribution >= 4 is 11.8 Å². The van der Waals surface area contributed by atoms with Crippen LogP contribution in [0.3, 0.4) is 0 Å². The predicted molar refractivity (Wildman–Crippen MR) is 70.4 cm³/mol. The molecule has 0 aromatic carbocycles. The molecular formula is C13H21N3O2. The van der Waals surface area contributed by atoms with E-state index in [1.54, 1.807) is 0 Å². The molecule has 0 spiro atoms. The van der Waals surface area contributed by atoms with E-state index in [-0.39, 0.29) is 11.9 Å². The number of hydrogen-bond donors (Lipinski definition) is 1. The number of aryl methyl sites for hydroxylation is 2. The molecule has 0 radical (unpaired) electrons. The summed E-state index contributed by atoms with van der Waals surface area (Å²) >= 11 is 0. The van der Waals surface area contributed by atoms with Gasteiger partial charge < -0.3 is 10.1 Å². The van der Waals surface area contributed by atoms with Crippen molar-refractivity contribution in [1.29, 1.82) is 0 Å². The highest BCUT2D eigenvalue weighted by Crippen LogP contribution is 2.13. The largest absolute Gasteiger partial charge is 0.467 e. The molecule has 1 atom stereocenters. The number of methoxy groups -OCH3 is 1. The van der Waals surface area contributed by atoms with E-state index in [1.807, 2.05) is 33.8 Å². The molecule has 100 valence electrons. The minimum atomic E-state index is -0.394. The molecule has 0 fully saturated rings. The molecule has 0 aliphatic heterocycles. The van der Waals surface area contributed by atoms with Crippen LogP contribution in [0.4, 0.5) is 5.82 Å². The number of aromatic nitrogens is 2. The molecule has 0 saturated heterocycles. The lowest BCUT2D eigenvalue weighted by atomic mass is 10.0. The summed E-state index contributed by atoms with van der Waals surface area (Å²) in [6, 6.07) is 1.47. The van der Waals surface area contributed by atoms with Crippen LogP contribution in [-0.4, -0.2) is 29.1 Å². The summed E-state index contributed by atoms with van der Waals surface area (Å²) < 4.78 is 4.79. The second-order valence-corrected chi connectivity index (χ2v) is 4.53. The Morgan fingerprint density at radius 2 is 2.11 bits per heavy atom. The van der Waals surface area contributed by atoms with Crippen molar-refractivity contribution in [3.63, 3.8) is 0 Å². The van der Waals surface area contributed by atoms with E-state index in [9.17, 15) is 4.79 Å². The third-order valence-corrected chi connectivity index (χ3v) is 2.68. The zero-order chi connectivity index (χ0) is 13.7. The first-order valence-corrected chi connectivity index (χ1v) is 6.16. The van der Waals surface area contributed by atoms with Crippen LogP contribution in [-0.2, 0) is 16.0 Å². The van der Waals surface area contributed by atoms with E-state index in [0.29, 0.717) is 11.6 Å². The highest BCUT2D eigenvalue weighted by atomic mass is 16.5. The number of carbonyl (C=O) groups is 1. The Morgan fingerprint density at radius 1 is 1.44 bits per heavy atom. The predicted octanol–water partition coefficient (Wildman–Crippen LogP) is 1.96. The van der Waals surface area contributed by atoms with E-state index >= 15 is 0 Å². The molecule has 5 nitrogen and oxygen atoms in total. The molecule has 0 amide bonds. The van der Waals surface area contributed by atoms with Crippen molar-refractivity contribution < 1.29 is 9.53 Å². The zero-order valence-corrected chi connectivity index (χ0v) is 11.7. The number of anilines is 1. The van der Waals surface area contributed by atoms with Crippen molar-refractivity contribution in [3.05, 3.63) is 17.6 Å². The number of rotatable bonds is 5. The Labute approximate surface area is 108 Å². The average molecular weight is 251 g/mol. The molecule has 1 rings (SSSR count). The number of esters is 1. The quantitative estimate of drug-likeness (QED) is 0.810. The molecule has 1 heterocycles. The average Bonchev–Trinajstić information content (AvgIpc) is 2.34. The molecule has 0 saturated carbocycles. The Balaban J connectivity index is 2.93. The molecule has 18 heavy (non-hydrogen) atoms. The maximum Gasteiger partial charge on any atom is 0.328 e. The van der Waals surface area contributed by atoms with Gasteiger partial charge in [-0.1, -0.05) is 20.8 Å². The topological polar surface area (TPSA) is 64.1 Å². The van der Waals surface area contributed by atoms with Crippen LogP contribution in [0, 0.1) is 12.8 Å². The van der Waals surface area contributed by atoms with Gasteiger partial charge in [-0.15, -0.1) is 0 Å². The summed E-state index contributed by atoms with van der Waals surface area (Å²) in [6.45, 7) is 7.80. The normalized spacial score (nSPS) is 12.3. The molecule has 1 aromatic heterocycles. The van der Waals surface area contributed by atoms with Crippen molar-refractivity contribution in [2.45, 2.75) is 40.2 Å². The first-order valence-electron chi connectivity index (χ1n) is 6.16. The third-order valence-electron chi connectivity index (χ3n) is 2.68. The number of nitrogens with one attached hydrogen (secondary N) is 1.